The molecule has 3 heterocycles. The van der Waals surface area contributed by atoms with Crippen molar-refractivity contribution in [1.82, 2.24) is 19.4 Å². The number of halogens is 1. The van der Waals surface area contributed by atoms with Gasteiger partial charge in [-0.2, -0.15) is 0 Å². The van der Waals surface area contributed by atoms with E-state index in [4.69, 9.17) is 26.1 Å². The third kappa shape index (κ3) is 6.99. The number of amides is 1. The molecule has 2 aromatic heterocycles. The number of aliphatic hydroxyl groups excluding tert-OH is 1. The first-order chi connectivity index (χ1) is 17.5. The van der Waals surface area contributed by atoms with Gasteiger partial charge in [0.15, 0.2) is 5.13 Å². The lowest BCUT2D eigenvalue weighted by molar-refractivity contribution is -0.389. The van der Waals surface area contributed by atoms with Crippen LogP contribution in [-0.2, 0) is 11.3 Å². The predicted molar refractivity (Wildman–Crippen MR) is 140 cm³/mol. The zero-order valence-electron chi connectivity index (χ0n) is 20.8. The fourth-order valence-corrected chi connectivity index (χ4v) is 4.98. The summed E-state index contributed by atoms with van der Waals surface area (Å²) >= 11 is 7.45. The SMILES string of the molecule is CC(C)(C)OC(=O)N1CCN(c2nc3ccc(OCC(O)CCn4cc([N+](=O)[O-])nc4Cl)cc3s2)CC1. The molecule has 1 atom stereocenters. The molecule has 12 nitrogen and oxygen atoms in total. The highest BCUT2D eigenvalue weighted by atomic mass is 35.5. The smallest absolute Gasteiger partial charge is 0.410 e. The third-order valence-corrected chi connectivity index (χ3v) is 6.98. The Morgan fingerprint density at radius 2 is 2.00 bits per heavy atom. The van der Waals surface area contributed by atoms with Gasteiger partial charge in [-0.15, -0.1) is 0 Å². The second-order valence-corrected chi connectivity index (χ2v) is 11.0. The number of thiazole rings is 1. The minimum atomic E-state index is -0.800. The number of hydrogen-bond acceptors (Lipinski definition) is 10. The van der Waals surface area contributed by atoms with E-state index in [1.54, 1.807) is 22.3 Å². The number of imidazole rings is 1. The quantitative estimate of drug-likeness (QED) is 0.325. The van der Waals surface area contributed by atoms with Crippen molar-refractivity contribution in [2.75, 3.05) is 37.7 Å². The number of carbonyl (C=O) groups excluding carboxylic acids is 1. The molecule has 1 fully saturated rings. The number of fused-ring (bicyclic) bond motifs is 1. The molecule has 0 radical (unpaired) electrons. The van der Waals surface area contributed by atoms with E-state index in [2.05, 4.69) is 9.88 Å². The number of rotatable bonds is 8. The average molecular weight is 553 g/mol. The molecule has 1 aliphatic heterocycles. The molecule has 1 amide bonds. The number of hydrogen-bond donors (Lipinski definition) is 1. The number of anilines is 1. The molecular formula is C23H29ClN6O6S. The first kappa shape index (κ1) is 26.9. The Hall–Kier alpha value is -3.16. The second kappa shape index (κ2) is 11.1. The van der Waals surface area contributed by atoms with Gasteiger partial charge in [0.1, 0.15) is 24.2 Å². The van der Waals surface area contributed by atoms with Gasteiger partial charge in [-0.3, -0.25) is 4.57 Å². The first-order valence-corrected chi connectivity index (χ1v) is 13.0. The number of nitro groups is 1. The maximum atomic E-state index is 12.3. The summed E-state index contributed by atoms with van der Waals surface area (Å²) < 4.78 is 13.6. The van der Waals surface area contributed by atoms with Crippen molar-refractivity contribution in [3.63, 3.8) is 0 Å². The molecule has 200 valence electrons. The van der Waals surface area contributed by atoms with Crippen molar-refractivity contribution < 1.29 is 24.3 Å². The van der Waals surface area contributed by atoms with Gasteiger partial charge in [0, 0.05) is 32.7 Å². The normalized spacial score (nSPS) is 15.2. The van der Waals surface area contributed by atoms with E-state index in [1.165, 1.54) is 10.8 Å². The summed E-state index contributed by atoms with van der Waals surface area (Å²) in [4.78, 5) is 34.7. The molecule has 1 N–H and O–H groups in total. The van der Waals surface area contributed by atoms with Crippen LogP contribution in [0.2, 0.25) is 5.28 Å². The molecule has 0 aliphatic carbocycles. The van der Waals surface area contributed by atoms with E-state index in [9.17, 15) is 20.0 Å². The van der Waals surface area contributed by atoms with E-state index in [-0.39, 0.29) is 36.8 Å². The maximum absolute atomic E-state index is 12.3. The first-order valence-electron chi connectivity index (χ1n) is 11.8. The lowest BCUT2D eigenvalue weighted by Gasteiger charge is -2.35. The number of aliphatic hydroxyl groups is 1. The number of ether oxygens (including phenoxy) is 2. The number of nitrogens with zero attached hydrogens (tertiary/aromatic N) is 6. The van der Waals surface area contributed by atoms with E-state index in [0.717, 1.165) is 15.3 Å². The topological polar surface area (TPSA) is 136 Å². The molecule has 0 saturated carbocycles. The molecule has 0 bridgehead atoms. The Morgan fingerprint density at radius 1 is 1.27 bits per heavy atom. The standard InChI is InChI=1S/C23H29ClN6O6S/c1-23(2,3)36-22(32)28-10-8-27(9-11-28)21-25-17-5-4-16(12-18(17)37-21)35-14-15(31)6-7-29-13-19(30(33)34)26-20(29)24/h4-5,12-13,15,31H,6-11,14H2,1-3H3. The lowest BCUT2D eigenvalue weighted by Crippen LogP contribution is -2.50. The van der Waals surface area contributed by atoms with Gasteiger partial charge in [0.25, 0.3) is 0 Å². The molecule has 37 heavy (non-hydrogen) atoms. The summed E-state index contributed by atoms with van der Waals surface area (Å²) in [5.74, 6) is 0.269. The Balaban J connectivity index is 1.28. The third-order valence-electron chi connectivity index (χ3n) is 5.60. The van der Waals surface area contributed by atoms with Crippen molar-refractivity contribution in [2.24, 2.45) is 0 Å². The predicted octanol–water partition coefficient (Wildman–Crippen LogP) is 3.94. The minimum Gasteiger partial charge on any atom is -0.491 e. The van der Waals surface area contributed by atoms with Gasteiger partial charge in [0.05, 0.1) is 16.3 Å². The fraction of sp³-hybridized carbons (Fsp3) is 0.522. The minimum absolute atomic E-state index is 0.00229. The molecule has 1 aliphatic rings. The van der Waals surface area contributed by atoms with Gasteiger partial charge < -0.3 is 34.5 Å². The maximum Gasteiger partial charge on any atom is 0.410 e. The summed E-state index contributed by atoms with van der Waals surface area (Å²) in [5, 5.41) is 22.0. The lowest BCUT2D eigenvalue weighted by atomic mass is 10.2. The molecule has 14 heteroatoms. The van der Waals surface area contributed by atoms with Crippen LogP contribution in [0, 0.1) is 10.1 Å². The average Bonchev–Trinajstić information content (AvgIpc) is 3.43. The summed E-state index contributed by atoms with van der Waals surface area (Å²) in [6.07, 6.45) is 0.430. The molecule has 0 spiro atoms. The number of aromatic nitrogens is 3. The molecular weight excluding hydrogens is 524 g/mol. The number of aryl methyl sites for hydroxylation is 1. The van der Waals surface area contributed by atoms with Gasteiger partial charge >= 0.3 is 17.2 Å². The van der Waals surface area contributed by atoms with Crippen LogP contribution in [0.3, 0.4) is 0 Å². The van der Waals surface area contributed by atoms with Crippen LogP contribution in [0.1, 0.15) is 27.2 Å². The van der Waals surface area contributed by atoms with Crippen LogP contribution in [0.15, 0.2) is 24.4 Å². The highest BCUT2D eigenvalue weighted by Crippen LogP contribution is 2.32. The molecule has 4 rings (SSSR count). The number of carbonyl (C=O) groups is 1. The Labute approximate surface area is 222 Å². The van der Waals surface area contributed by atoms with Crippen molar-refractivity contribution >= 4 is 50.2 Å². The van der Waals surface area contributed by atoms with Gasteiger partial charge in [-0.25, -0.2) is 9.78 Å². The fourth-order valence-electron chi connectivity index (χ4n) is 3.71. The van der Waals surface area contributed by atoms with Crippen LogP contribution in [-0.4, -0.2) is 80.0 Å². The van der Waals surface area contributed by atoms with Crippen molar-refractivity contribution in [1.29, 1.82) is 0 Å². The zero-order valence-corrected chi connectivity index (χ0v) is 22.4. The van der Waals surface area contributed by atoms with Gasteiger partial charge in [0.2, 0.25) is 0 Å². The van der Waals surface area contributed by atoms with Crippen LogP contribution in [0.5, 0.6) is 5.75 Å². The van der Waals surface area contributed by atoms with E-state index >= 15 is 0 Å². The molecule has 1 saturated heterocycles. The highest BCUT2D eigenvalue weighted by Gasteiger charge is 2.27. The van der Waals surface area contributed by atoms with E-state index in [0.29, 0.717) is 31.9 Å². The van der Waals surface area contributed by atoms with Crippen molar-refractivity contribution in [2.45, 2.75) is 45.4 Å². The zero-order chi connectivity index (χ0) is 26.7. The van der Waals surface area contributed by atoms with Gasteiger partial charge in [-0.05, 0) is 66.9 Å². The molecule has 1 aromatic carbocycles. The Kier molecular flexibility index (Phi) is 8.05. The van der Waals surface area contributed by atoms with E-state index < -0.39 is 16.6 Å². The van der Waals surface area contributed by atoms with Gasteiger partial charge in [-0.1, -0.05) is 11.3 Å². The van der Waals surface area contributed by atoms with Crippen LogP contribution >= 0.6 is 22.9 Å². The van der Waals surface area contributed by atoms with E-state index in [1.807, 2.05) is 32.9 Å². The van der Waals surface area contributed by atoms with Crippen molar-refractivity contribution in [3.8, 4) is 5.75 Å². The van der Waals surface area contributed by atoms with Crippen molar-refractivity contribution in [3.05, 3.63) is 39.8 Å². The summed E-state index contributed by atoms with van der Waals surface area (Å²) in [5.41, 5.74) is 0.326. The summed E-state index contributed by atoms with van der Waals surface area (Å²) in [6.45, 7) is 8.35. The number of benzene rings is 1. The van der Waals surface area contributed by atoms with Crippen LogP contribution < -0.4 is 9.64 Å². The Bertz CT molecular complexity index is 1270. The highest BCUT2D eigenvalue weighted by molar-refractivity contribution is 7.22. The van der Waals surface area contributed by atoms with Crippen LogP contribution in [0.25, 0.3) is 10.2 Å². The monoisotopic (exact) mass is 552 g/mol. The van der Waals surface area contributed by atoms with Crippen LogP contribution in [0.4, 0.5) is 15.7 Å². The second-order valence-electron chi connectivity index (χ2n) is 9.65. The summed E-state index contributed by atoms with van der Waals surface area (Å²) in [6, 6.07) is 5.56. The largest absolute Gasteiger partial charge is 0.491 e. The molecule has 3 aromatic rings. The summed E-state index contributed by atoms with van der Waals surface area (Å²) in [7, 11) is 0. The molecule has 1 unspecified atom stereocenters. The number of piperazine rings is 1. The Morgan fingerprint density at radius 3 is 2.65 bits per heavy atom.